The molecule has 1 aromatic rings. The molecule has 0 spiro atoms. The maximum Gasteiger partial charge on any atom is 0.258 e. The monoisotopic (exact) mass is 385 g/mol. The van der Waals surface area contributed by atoms with E-state index in [4.69, 9.17) is 9.47 Å². The molecule has 1 fully saturated rings. The van der Waals surface area contributed by atoms with Crippen molar-refractivity contribution in [3.8, 4) is 5.75 Å². The fourth-order valence-corrected chi connectivity index (χ4v) is 3.69. The van der Waals surface area contributed by atoms with E-state index in [-0.39, 0.29) is 24.0 Å². The number of benzene rings is 1. The lowest BCUT2D eigenvalue weighted by atomic mass is 10.3. The molecule has 1 heterocycles. The van der Waals surface area contributed by atoms with Crippen molar-refractivity contribution in [2.45, 2.75) is 11.8 Å². The smallest absolute Gasteiger partial charge is 0.258 e. The topological polar surface area (TPSA) is 114 Å². The summed E-state index contributed by atoms with van der Waals surface area (Å²) in [6.07, 6.45) is 0. The van der Waals surface area contributed by atoms with Crippen LogP contribution in [0.25, 0.3) is 0 Å². The first-order valence-corrected chi connectivity index (χ1v) is 9.71. The molecule has 9 nitrogen and oxygen atoms in total. The fraction of sp³-hybridized carbons (Fsp3) is 0.500. The van der Waals surface area contributed by atoms with Gasteiger partial charge in [0.25, 0.3) is 5.91 Å². The predicted molar refractivity (Wildman–Crippen MR) is 93.2 cm³/mol. The molecule has 0 radical (unpaired) electrons. The van der Waals surface area contributed by atoms with Gasteiger partial charge in [0.05, 0.1) is 24.7 Å². The van der Waals surface area contributed by atoms with Gasteiger partial charge in [0.15, 0.2) is 6.61 Å². The number of amides is 2. The van der Waals surface area contributed by atoms with Crippen LogP contribution >= 0.6 is 0 Å². The second kappa shape index (κ2) is 9.51. The molecule has 2 N–H and O–H groups in total. The summed E-state index contributed by atoms with van der Waals surface area (Å²) in [5.74, 6) is -0.362. The van der Waals surface area contributed by atoms with Crippen molar-refractivity contribution in [2.75, 3.05) is 46.0 Å². The molecule has 0 bridgehead atoms. The molecule has 1 aromatic carbocycles. The first kappa shape index (κ1) is 20.1. The van der Waals surface area contributed by atoms with Crippen molar-refractivity contribution < 1.29 is 27.5 Å². The Bertz CT molecular complexity index is 714. The number of carbonyl (C=O) groups excluding carboxylic acids is 2. The summed E-state index contributed by atoms with van der Waals surface area (Å²) < 4.78 is 36.8. The number of rotatable bonds is 8. The Labute approximate surface area is 152 Å². The maximum atomic E-state index is 12.5. The van der Waals surface area contributed by atoms with Gasteiger partial charge in [-0.3, -0.25) is 9.59 Å². The lowest BCUT2D eigenvalue weighted by Gasteiger charge is -2.26. The number of carbonyl (C=O) groups is 2. The summed E-state index contributed by atoms with van der Waals surface area (Å²) in [4.78, 5) is 23.0. The molecule has 10 heteroatoms. The van der Waals surface area contributed by atoms with E-state index in [9.17, 15) is 18.0 Å². The van der Waals surface area contributed by atoms with E-state index >= 15 is 0 Å². The predicted octanol–water partition coefficient (Wildman–Crippen LogP) is -0.661. The zero-order valence-electron chi connectivity index (χ0n) is 14.6. The van der Waals surface area contributed by atoms with Crippen molar-refractivity contribution in [2.24, 2.45) is 0 Å². The van der Waals surface area contributed by atoms with E-state index in [1.165, 1.54) is 28.6 Å². The van der Waals surface area contributed by atoms with Gasteiger partial charge in [-0.15, -0.1) is 0 Å². The highest BCUT2D eigenvalue weighted by atomic mass is 32.2. The van der Waals surface area contributed by atoms with Gasteiger partial charge in [0.1, 0.15) is 5.75 Å². The Hall–Kier alpha value is -2.17. The molecule has 1 aliphatic rings. The van der Waals surface area contributed by atoms with Crippen LogP contribution in [0.5, 0.6) is 5.75 Å². The highest BCUT2D eigenvalue weighted by Crippen LogP contribution is 2.20. The van der Waals surface area contributed by atoms with Gasteiger partial charge in [-0.1, -0.05) is 0 Å². The van der Waals surface area contributed by atoms with E-state index < -0.39 is 15.9 Å². The molecule has 1 aliphatic heterocycles. The second-order valence-electron chi connectivity index (χ2n) is 5.51. The lowest BCUT2D eigenvalue weighted by molar-refractivity contribution is -0.127. The zero-order chi connectivity index (χ0) is 19.0. The van der Waals surface area contributed by atoms with Gasteiger partial charge in [-0.05, 0) is 31.2 Å². The Morgan fingerprint density at radius 1 is 1.12 bits per heavy atom. The van der Waals surface area contributed by atoms with Crippen LogP contribution in [-0.4, -0.2) is 70.5 Å². The van der Waals surface area contributed by atoms with Gasteiger partial charge in [-0.25, -0.2) is 8.42 Å². The molecule has 0 atom stereocenters. The molecule has 144 valence electrons. The average molecular weight is 385 g/mol. The molecule has 2 amide bonds. The lowest BCUT2D eigenvalue weighted by Crippen LogP contribution is -2.40. The molecule has 1 saturated heterocycles. The van der Waals surface area contributed by atoms with Crippen molar-refractivity contribution in [3.05, 3.63) is 24.3 Å². The number of likely N-dealkylation sites (N-methyl/N-ethyl adjacent to an activating group) is 1. The molecule has 0 unspecified atom stereocenters. The highest BCUT2D eigenvalue weighted by molar-refractivity contribution is 7.89. The van der Waals surface area contributed by atoms with E-state index in [1.54, 1.807) is 6.92 Å². The number of nitrogens with zero attached hydrogens (tertiary/aromatic N) is 1. The van der Waals surface area contributed by atoms with E-state index in [0.717, 1.165) is 0 Å². The Morgan fingerprint density at radius 3 is 2.38 bits per heavy atom. The van der Waals surface area contributed by atoms with Gasteiger partial charge >= 0.3 is 0 Å². The van der Waals surface area contributed by atoms with E-state index in [0.29, 0.717) is 38.6 Å². The number of nitrogens with one attached hydrogen (secondary N) is 2. The number of morpholine rings is 1. The van der Waals surface area contributed by atoms with Crippen molar-refractivity contribution >= 4 is 21.8 Å². The zero-order valence-corrected chi connectivity index (χ0v) is 15.4. The Balaban J connectivity index is 1.85. The average Bonchev–Trinajstić information content (AvgIpc) is 2.66. The van der Waals surface area contributed by atoms with Crippen LogP contribution in [0.1, 0.15) is 6.92 Å². The van der Waals surface area contributed by atoms with Crippen LogP contribution in [0, 0.1) is 0 Å². The summed E-state index contributed by atoms with van der Waals surface area (Å²) in [5, 5.41) is 4.98. The summed E-state index contributed by atoms with van der Waals surface area (Å²) in [7, 11) is -3.56. The summed E-state index contributed by atoms with van der Waals surface area (Å²) in [6, 6.07) is 5.86. The molecular weight excluding hydrogens is 362 g/mol. The first-order valence-electron chi connectivity index (χ1n) is 8.27. The van der Waals surface area contributed by atoms with Gasteiger partial charge in [0.2, 0.25) is 15.9 Å². The van der Waals surface area contributed by atoms with Crippen LogP contribution in [0.3, 0.4) is 0 Å². The number of hydrogen-bond acceptors (Lipinski definition) is 6. The minimum Gasteiger partial charge on any atom is -0.484 e. The van der Waals surface area contributed by atoms with Crippen molar-refractivity contribution in [1.82, 2.24) is 14.9 Å². The third-order valence-corrected chi connectivity index (χ3v) is 5.53. The van der Waals surface area contributed by atoms with Crippen molar-refractivity contribution in [1.29, 1.82) is 0 Å². The van der Waals surface area contributed by atoms with Crippen LogP contribution in [-0.2, 0) is 24.3 Å². The van der Waals surface area contributed by atoms with Crippen molar-refractivity contribution in [3.63, 3.8) is 0 Å². The van der Waals surface area contributed by atoms with Crippen LogP contribution in [0.4, 0.5) is 0 Å². The summed E-state index contributed by atoms with van der Waals surface area (Å²) in [6.45, 7) is 3.30. The molecular formula is C16H23N3O6S. The van der Waals surface area contributed by atoms with Crippen LogP contribution in [0.15, 0.2) is 29.2 Å². The van der Waals surface area contributed by atoms with Crippen LogP contribution in [0.2, 0.25) is 0 Å². The van der Waals surface area contributed by atoms with Gasteiger partial charge in [-0.2, -0.15) is 4.31 Å². The first-order chi connectivity index (χ1) is 12.4. The Kier molecular flexibility index (Phi) is 7.37. The highest BCUT2D eigenvalue weighted by Gasteiger charge is 2.26. The third kappa shape index (κ3) is 5.68. The van der Waals surface area contributed by atoms with E-state index in [2.05, 4.69) is 10.6 Å². The minimum atomic E-state index is -3.56. The second-order valence-corrected chi connectivity index (χ2v) is 7.44. The number of sulfonamides is 1. The molecule has 0 saturated carbocycles. The summed E-state index contributed by atoms with van der Waals surface area (Å²) >= 11 is 0. The van der Waals surface area contributed by atoms with Crippen LogP contribution < -0.4 is 15.4 Å². The molecule has 0 aromatic heterocycles. The quantitative estimate of drug-likeness (QED) is 0.614. The largest absolute Gasteiger partial charge is 0.484 e. The normalized spacial score (nSPS) is 15.3. The summed E-state index contributed by atoms with van der Waals surface area (Å²) in [5.41, 5.74) is 0. The molecule has 0 aliphatic carbocycles. The number of ether oxygens (including phenoxy) is 2. The molecule has 2 rings (SSSR count). The SMILES string of the molecule is CCNC(=O)CNC(=O)COc1ccc(S(=O)(=O)N2CCOCC2)cc1. The van der Waals surface area contributed by atoms with Gasteiger partial charge < -0.3 is 20.1 Å². The standard InChI is InChI=1S/C16H23N3O6S/c1-2-17-15(20)11-18-16(21)12-25-13-3-5-14(6-4-13)26(22,23)19-7-9-24-10-8-19/h3-6H,2,7-12H2,1H3,(H,17,20)(H,18,21). The number of hydrogen-bond donors (Lipinski definition) is 2. The minimum absolute atomic E-state index is 0.118. The van der Waals surface area contributed by atoms with Gasteiger partial charge in [0, 0.05) is 19.6 Å². The molecule has 26 heavy (non-hydrogen) atoms. The third-order valence-electron chi connectivity index (χ3n) is 3.62. The fourth-order valence-electron chi connectivity index (χ4n) is 2.28. The van der Waals surface area contributed by atoms with E-state index in [1.807, 2.05) is 0 Å². The maximum absolute atomic E-state index is 12.5. The Morgan fingerprint density at radius 2 is 1.77 bits per heavy atom.